The van der Waals surface area contributed by atoms with E-state index in [2.05, 4.69) is 0 Å². The van der Waals surface area contributed by atoms with Crippen LogP contribution in [0.15, 0.2) is 36.4 Å². The lowest BCUT2D eigenvalue weighted by Gasteiger charge is -2.14. The minimum atomic E-state index is -0.440. The van der Waals surface area contributed by atoms with Crippen molar-refractivity contribution in [2.45, 2.75) is 31.6 Å². The van der Waals surface area contributed by atoms with E-state index in [9.17, 15) is 4.79 Å². The molecule has 0 unspecified atom stereocenters. The molecule has 0 spiro atoms. The summed E-state index contributed by atoms with van der Waals surface area (Å²) >= 11 is 5.97. The van der Waals surface area contributed by atoms with E-state index in [4.69, 9.17) is 16.3 Å². The van der Waals surface area contributed by atoms with Crippen LogP contribution in [0.3, 0.4) is 0 Å². The summed E-state index contributed by atoms with van der Waals surface area (Å²) in [6.45, 7) is 2.40. The van der Waals surface area contributed by atoms with Gasteiger partial charge in [0.25, 0.3) is 0 Å². The number of hydrogen-bond acceptors (Lipinski definition) is 2. The average molecular weight is 265 g/mol. The van der Waals surface area contributed by atoms with Crippen LogP contribution >= 0.6 is 11.6 Å². The Balaban J connectivity index is 2.03. The van der Waals surface area contributed by atoms with E-state index < -0.39 is 5.41 Å². The molecule has 1 saturated carbocycles. The maximum Gasteiger partial charge on any atom is 0.316 e. The van der Waals surface area contributed by atoms with Crippen molar-refractivity contribution in [1.29, 1.82) is 0 Å². The van der Waals surface area contributed by atoms with Gasteiger partial charge in [0.05, 0.1) is 5.41 Å². The topological polar surface area (TPSA) is 26.3 Å². The molecule has 0 N–H and O–H groups in total. The summed E-state index contributed by atoms with van der Waals surface area (Å²) in [5.74, 6) is -0.134. The molecule has 1 aliphatic carbocycles. The molecule has 96 valence electrons. The summed E-state index contributed by atoms with van der Waals surface area (Å²) in [4.78, 5) is 12.1. The molecule has 3 heteroatoms. The van der Waals surface area contributed by atoms with Gasteiger partial charge in [-0.25, -0.2) is 0 Å². The zero-order valence-corrected chi connectivity index (χ0v) is 11.2. The summed E-state index contributed by atoms with van der Waals surface area (Å²) in [5.41, 5.74) is 0.532. The van der Waals surface area contributed by atoms with Gasteiger partial charge in [0, 0.05) is 5.02 Å². The number of halogens is 1. The van der Waals surface area contributed by atoms with Gasteiger partial charge < -0.3 is 4.74 Å². The van der Waals surface area contributed by atoms with E-state index in [1.165, 1.54) is 0 Å². The van der Waals surface area contributed by atoms with Crippen molar-refractivity contribution in [1.82, 2.24) is 0 Å². The zero-order valence-electron chi connectivity index (χ0n) is 10.5. The maximum atomic E-state index is 12.1. The molecule has 2 nitrogen and oxygen atoms in total. The average Bonchev–Trinajstić information content (AvgIpc) is 3.16. The number of rotatable bonds is 5. The Morgan fingerprint density at radius 1 is 1.44 bits per heavy atom. The monoisotopic (exact) mass is 264 g/mol. The second-order valence-electron chi connectivity index (χ2n) is 4.57. The normalized spacial score (nSPS) is 16.8. The van der Waals surface area contributed by atoms with Crippen LogP contribution in [-0.2, 0) is 14.9 Å². The smallest absolute Gasteiger partial charge is 0.316 e. The van der Waals surface area contributed by atoms with Crippen molar-refractivity contribution < 1.29 is 9.53 Å². The van der Waals surface area contributed by atoms with Gasteiger partial charge in [-0.3, -0.25) is 4.79 Å². The minimum absolute atomic E-state index is 0.134. The Hall–Kier alpha value is -1.28. The summed E-state index contributed by atoms with van der Waals surface area (Å²) in [7, 11) is 0. The Morgan fingerprint density at radius 3 is 2.83 bits per heavy atom. The molecule has 1 aliphatic rings. The van der Waals surface area contributed by atoms with Gasteiger partial charge in [0.1, 0.15) is 6.61 Å². The Labute approximate surface area is 113 Å². The largest absolute Gasteiger partial charge is 0.461 e. The molecule has 0 saturated heterocycles. The number of carbonyl (C=O) groups excluding carboxylic acids is 1. The molecule has 2 rings (SSSR count). The van der Waals surface area contributed by atoms with Crippen LogP contribution in [-0.4, -0.2) is 12.6 Å². The van der Waals surface area contributed by atoms with Crippen LogP contribution in [0.2, 0.25) is 5.02 Å². The van der Waals surface area contributed by atoms with Crippen LogP contribution in [0.5, 0.6) is 0 Å². The molecule has 0 heterocycles. The molecule has 0 atom stereocenters. The van der Waals surface area contributed by atoms with E-state index in [-0.39, 0.29) is 5.97 Å². The number of carbonyl (C=O) groups is 1. The van der Waals surface area contributed by atoms with E-state index in [1.54, 1.807) is 0 Å². The van der Waals surface area contributed by atoms with Crippen molar-refractivity contribution in [2.24, 2.45) is 0 Å². The number of benzene rings is 1. The van der Waals surface area contributed by atoms with Crippen LogP contribution in [0, 0.1) is 0 Å². The molecule has 18 heavy (non-hydrogen) atoms. The summed E-state index contributed by atoms with van der Waals surface area (Å²) in [6, 6.07) is 7.50. The van der Waals surface area contributed by atoms with E-state index in [0.29, 0.717) is 11.6 Å². The van der Waals surface area contributed by atoms with Crippen molar-refractivity contribution in [3.8, 4) is 0 Å². The van der Waals surface area contributed by atoms with Gasteiger partial charge in [-0.1, -0.05) is 42.8 Å². The Kier molecular flexibility index (Phi) is 4.07. The maximum absolute atomic E-state index is 12.1. The number of esters is 1. The van der Waals surface area contributed by atoms with Crippen LogP contribution in [0.4, 0.5) is 0 Å². The Morgan fingerprint density at radius 2 is 2.22 bits per heavy atom. The predicted molar refractivity (Wildman–Crippen MR) is 72.8 cm³/mol. The molecule has 1 aromatic carbocycles. The standard InChI is InChI=1S/C15H17ClO2/c1-2-3-4-10-18-14(17)15(8-9-15)12-6-5-7-13(16)11-12/h3-7,11H,2,8-10H2,1H3/b4-3+. The van der Waals surface area contributed by atoms with Gasteiger partial charge in [0.2, 0.25) is 0 Å². The minimum Gasteiger partial charge on any atom is -0.461 e. The first-order valence-corrected chi connectivity index (χ1v) is 6.65. The second-order valence-corrected chi connectivity index (χ2v) is 5.01. The molecule has 0 bridgehead atoms. The van der Waals surface area contributed by atoms with Gasteiger partial charge in [-0.2, -0.15) is 0 Å². The molecular formula is C15H17ClO2. The van der Waals surface area contributed by atoms with Crippen LogP contribution in [0.1, 0.15) is 31.7 Å². The molecule has 0 aromatic heterocycles. The first-order chi connectivity index (χ1) is 8.69. The van der Waals surface area contributed by atoms with Crippen molar-refractivity contribution in [3.63, 3.8) is 0 Å². The predicted octanol–water partition coefficient (Wildman–Crippen LogP) is 3.88. The fraction of sp³-hybridized carbons (Fsp3) is 0.400. The third-order valence-electron chi connectivity index (χ3n) is 3.23. The number of hydrogen-bond donors (Lipinski definition) is 0. The van der Waals surface area contributed by atoms with Crippen molar-refractivity contribution in [3.05, 3.63) is 47.0 Å². The van der Waals surface area contributed by atoms with Gasteiger partial charge in [-0.15, -0.1) is 0 Å². The summed E-state index contributed by atoms with van der Waals surface area (Å²) < 4.78 is 5.30. The summed E-state index contributed by atoms with van der Waals surface area (Å²) in [6.07, 6.45) is 6.53. The van der Waals surface area contributed by atoms with Gasteiger partial charge >= 0.3 is 5.97 Å². The molecule has 0 radical (unpaired) electrons. The van der Waals surface area contributed by atoms with Gasteiger partial charge in [-0.05, 0) is 37.0 Å². The van der Waals surface area contributed by atoms with Crippen LogP contribution in [0.25, 0.3) is 0 Å². The lowest BCUT2D eigenvalue weighted by atomic mass is 9.96. The van der Waals surface area contributed by atoms with Crippen molar-refractivity contribution in [2.75, 3.05) is 6.61 Å². The molecule has 1 fully saturated rings. The molecule has 0 aliphatic heterocycles. The molecular weight excluding hydrogens is 248 g/mol. The van der Waals surface area contributed by atoms with E-state index >= 15 is 0 Å². The van der Waals surface area contributed by atoms with Crippen molar-refractivity contribution >= 4 is 17.6 Å². The first kappa shape index (κ1) is 13.2. The van der Waals surface area contributed by atoms with E-state index in [1.807, 2.05) is 43.3 Å². The first-order valence-electron chi connectivity index (χ1n) is 6.27. The molecule has 1 aromatic rings. The summed E-state index contributed by atoms with van der Waals surface area (Å²) in [5, 5.41) is 0.664. The third kappa shape index (κ3) is 2.75. The third-order valence-corrected chi connectivity index (χ3v) is 3.47. The SMILES string of the molecule is CC/C=C/COC(=O)C1(c2cccc(Cl)c2)CC1. The fourth-order valence-electron chi connectivity index (χ4n) is 2.02. The number of ether oxygens (including phenoxy) is 1. The lowest BCUT2D eigenvalue weighted by molar-refractivity contribution is -0.145. The number of allylic oxidation sites excluding steroid dienone is 1. The quantitative estimate of drug-likeness (QED) is 0.596. The highest BCUT2D eigenvalue weighted by molar-refractivity contribution is 6.30. The Bertz CT molecular complexity index is 461. The highest BCUT2D eigenvalue weighted by Crippen LogP contribution is 2.49. The fourth-order valence-corrected chi connectivity index (χ4v) is 2.21. The molecule has 0 amide bonds. The van der Waals surface area contributed by atoms with Crippen LogP contribution < -0.4 is 0 Å². The van der Waals surface area contributed by atoms with E-state index in [0.717, 1.165) is 24.8 Å². The van der Waals surface area contributed by atoms with Gasteiger partial charge in [0.15, 0.2) is 0 Å². The zero-order chi connectivity index (χ0) is 13.0. The second kappa shape index (κ2) is 5.57. The highest BCUT2D eigenvalue weighted by Gasteiger charge is 2.52. The highest BCUT2D eigenvalue weighted by atomic mass is 35.5. The lowest BCUT2D eigenvalue weighted by Crippen LogP contribution is -2.23.